The van der Waals surface area contributed by atoms with Gasteiger partial charge in [-0.1, -0.05) is 24.6 Å². The molecule has 0 aliphatic heterocycles. The number of hydrogen-bond acceptors (Lipinski definition) is 2. The monoisotopic (exact) mass is 257 g/mol. The Balaban J connectivity index is 2.10. The van der Waals surface area contributed by atoms with Crippen LogP contribution in [0.1, 0.15) is 36.1 Å². The fraction of sp³-hybridized carbons (Fsp3) is 0.312. The first-order chi connectivity index (χ1) is 9.26. The van der Waals surface area contributed by atoms with Gasteiger partial charge >= 0.3 is 0 Å². The predicted molar refractivity (Wildman–Crippen MR) is 71.2 cm³/mol. The van der Waals surface area contributed by atoms with Crippen LogP contribution in [0.5, 0.6) is 0 Å². The minimum Gasteiger partial charge on any atom is -0.390 e. The van der Waals surface area contributed by atoms with E-state index in [9.17, 15) is 9.50 Å². The van der Waals surface area contributed by atoms with Gasteiger partial charge in [-0.3, -0.25) is 4.98 Å². The van der Waals surface area contributed by atoms with Gasteiger partial charge < -0.3 is 5.11 Å². The van der Waals surface area contributed by atoms with E-state index >= 15 is 0 Å². The highest BCUT2D eigenvalue weighted by atomic mass is 19.1. The molecule has 1 N–H and O–H groups in total. The van der Waals surface area contributed by atoms with Crippen LogP contribution in [-0.2, 0) is 12.0 Å². The minimum absolute atomic E-state index is 0.0564. The van der Waals surface area contributed by atoms with E-state index < -0.39 is 0 Å². The Morgan fingerprint density at radius 2 is 1.89 bits per heavy atom. The average Bonchev–Trinajstić information content (AvgIpc) is 2.40. The van der Waals surface area contributed by atoms with Crippen molar-refractivity contribution >= 4 is 0 Å². The molecule has 98 valence electrons. The normalized spacial score (nSPS) is 16.9. The summed E-state index contributed by atoms with van der Waals surface area (Å²) >= 11 is 0. The molecule has 1 heterocycles. The van der Waals surface area contributed by atoms with Crippen molar-refractivity contribution in [2.45, 2.75) is 31.3 Å². The van der Waals surface area contributed by atoms with Crippen molar-refractivity contribution in [3.63, 3.8) is 0 Å². The molecule has 1 aliphatic rings. The SMILES string of the molecule is OCc1ncccc1C1(c2ccc(F)cc2)CCC1. The molecule has 0 amide bonds. The molecule has 1 aliphatic carbocycles. The molecule has 0 unspecified atom stereocenters. The predicted octanol–water partition coefficient (Wildman–Crippen LogP) is 3.18. The Kier molecular flexibility index (Phi) is 3.07. The summed E-state index contributed by atoms with van der Waals surface area (Å²) in [6, 6.07) is 10.6. The molecular weight excluding hydrogens is 241 g/mol. The molecule has 19 heavy (non-hydrogen) atoms. The lowest BCUT2D eigenvalue weighted by Crippen LogP contribution is -2.36. The molecule has 1 aromatic heterocycles. The van der Waals surface area contributed by atoms with Gasteiger partial charge in [-0.15, -0.1) is 0 Å². The summed E-state index contributed by atoms with van der Waals surface area (Å²) in [6.07, 6.45) is 4.90. The molecule has 1 aromatic carbocycles. The summed E-state index contributed by atoms with van der Waals surface area (Å²) in [4.78, 5) is 4.26. The number of benzene rings is 1. The topological polar surface area (TPSA) is 33.1 Å². The van der Waals surface area contributed by atoms with Crippen LogP contribution in [0.2, 0.25) is 0 Å². The quantitative estimate of drug-likeness (QED) is 0.916. The lowest BCUT2D eigenvalue weighted by molar-refractivity contribution is 0.258. The van der Waals surface area contributed by atoms with E-state index in [0.717, 1.165) is 36.1 Å². The number of hydrogen-bond donors (Lipinski definition) is 1. The van der Waals surface area contributed by atoms with Gasteiger partial charge in [0, 0.05) is 11.6 Å². The maximum absolute atomic E-state index is 13.1. The summed E-state index contributed by atoms with van der Waals surface area (Å²) in [5.74, 6) is -0.216. The Labute approximate surface area is 111 Å². The Morgan fingerprint density at radius 3 is 2.47 bits per heavy atom. The molecule has 2 aromatic rings. The number of aromatic nitrogens is 1. The van der Waals surface area contributed by atoms with Gasteiger partial charge in [0.25, 0.3) is 0 Å². The number of aliphatic hydroxyl groups excluding tert-OH is 1. The summed E-state index contributed by atoms with van der Waals surface area (Å²) < 4.78 is 13.1. The number of halogens is 1. The molecule has 0 atom stereocenters. The number of nitrogens with zero attached hydrogens (tertiary/aromatic N) is 1. The zero-order chi connectivity index (χ0) is 13.3. The highest BCUT2D eigenvalue weighted by Crippen LogP contribution is 2.49. The summed E-state index contributed by atoms with van der Waals surface area (Å²) in [5.41, 5.74) is 2.82. The number of pyridine rings is 1. The first-order valence-electron chi connectivity index (χ1n) is 6.57. The smallest absolute Gasteiger partial charge is 0.123 e. The van der Waals surface area contributed by atoms with Gasteiger partial charge in [0.2, 0.25) is 0 Å². The standard InChI is InChI=1S/C16H16FNO/c17-13-6-4-12(5-7-13)16(8-2-9-16)14-3-1-10-18-15(14)11-19/h1,3-7,10,19H,2,8-9,11H2. The molecule has 0 saturated heterocycles. The van der Waals surface area contributed by atoms with Crippen LogP contribution >= 0.6 is 0 Å². The van der Waals surface area contributed by atoms with Crippen molar-refractivity contribution in [1.29, 1.82) is 0 Å². The first kappa shape index (κ1) is 12.3. The van der Waals surface area contributed by atoms with Gasteiger partial charge in [-0.05, 0) is 42.2 Å². The zero-order valence-electron chi connectivity index (χ0n) is 10.6. The molecular formula is C16H16FNO. The average molecular weight is 257 g/mol. The zero-order valence-corrected chi connectivity index (χ0v) is 10.6. The van der Waals surface area contributed by atoms with Crippen molar-refractivity contribution in [3.05, 3.63) is 65.2 Å². The lowest BCUT2D eigenvalue weighted by Gasteiger charge is -2.43. The Bertz CT molecular complexity index is 576. The molecule has 1 saturated carbocycles. The fourth-order valence-electron chi connectivity index (χ4n) is 3.01. The maximum atomic E-state index is 13.1. The maximum Gasteiger partial charge on any atom is 0.123 e. The second-order valence-electron chi connectivity index (χ2n) is 5.10. The van der Waals surface area contributed by atoms with Crippen LogP contribution in [-0.4, -0.2) is 10.1 Å². The summed E-state index contributed by atoms with van der Waals surface area (Å²) in [7, 11) is 0. The third kappa shape index (κ3) is 1.94. The van der Waals surface area contributed by atoms with Crippen LogP contribution in [0.4, 0.5) is 4.39 Å². The van der Waals surface area contributed by atoms with Gasteiger partial charge in [0.05, 0.1) is 12.3 Å². The molecule has 1 fully saturated rings. The highest BCUT2D eigenvalue weighted by molar-refractivity contribution is 5.43. The second kappa shape index (κ2) is 4.74. The van der Waals surface area contributed by atoms with E-state index in [0.29, 0.717) is 0 Å². The van der Waals surface area contributed by atoms with Crippen molar-refractivity contribution in [2.75, 3.05) is 0 Å². The first-order valence-corrected chi connectivity index (χ1v) is 6.57. The Hall–Kier alpha value is -1.74. The van der Waals surface area contributed by atoms with Crippen molar-refractivity contribution in [3.8, 4) is 0 Å². The van der Waals surface area contributed by atoms with Gasteiger partial charge in [0.1, 0.15) is 5.82 Å². The van der Waals surface area contributed by atoms with Crippen molar-refractivity contribution in [1.82, 2.24) is 4.98 Å². The molecule has 0 bridgehead atoms. The van der Waals surface area contributed by atoms with Crippen molar-refractivity contribution in [2.24, 2.45) is 0 Å². The van der Waals surface area contributed by atoms with Crippen LogP contribution in [0.25, 0.3) is 0 Å². The largest absolute Gasteiger partial charge is 0.390 e. The molecule has 0 spiro atoms. The van der Waals surface area contributed by atoms with Gasteiger partial charge in [0.15, 0.2) is 0 Å². The second-order valence-corrected chi connectivity index (χ2v) is 5.10. The van der Waals surface area contributed by atoms with E-state index in [1.165, 1.54) is 12.1 Å². The molecule has 0 radical (unpaired) electrons. The molecule has 2 nitrogen and oxygen atoms in total. The fourth-order valence-corrected chi connectivity index (χ4v) is 3.01. The summed E-state index contributed by atoms with van der Waals surface area (Å²) in [6.45, 7) is -0.0564. The van der Waals surface area contributed by atoms with E-state index in [1.807, 2.05) is 24.3 Å². The molecule has 3 heteroatoms. The number of rotatable bonds is 3. The van der Waals surface area contributed by atoms with Crippen LogP contribution in [0.3, 0.4) is 0 Å². The van der Waals surface area contributed by atoms with Gasteiger partial charge in [-0.25, -0.2) is 4.39 Å². The lowest BCUT2D eigenvalue weighted by atomic mass is 9.60. The van der Waals surface area contributed by atoms with Crippen LogP contribution < -0.4 is 0 Å². The van der Waals surface area contributed by atoms with Crippen LogP contribution in [0, 0.1) is 5.82 Å². The third-order valence-corrected chi connectivity index (χ3v) is 4.16. The highest BCUT2D eigenvalue weighted by Gasteiger charge is 2.41. The van der Waals surface area contributed by atoms with Crippen LogP contribution in [0.15, 0.2) is 42.6 Å². The van der Waals surface area contributed by atoms with Gasteiger partial charge in [-0.2, -0.15) is 0 Å². The minimum atomic E-state index is -0.216. The Morgan fingerprint density at radius 1 is 1.16 bits per heavy atom. The van der Waals surface area contributed by atoms with E-state index in [-0.39, 0.29) is 17.8 Å². The third-order valence-electron chi connectivity index (χ3n) is 4.16. The van der Waals surface area contributed by atoms with E-state index in [1.54, 1.807) is 6.20 Å². The number of aliphatic hydroxyl groups is 1. The van der Waals surface area contributed by atoms with Crippen molar-refractivity contribution < 1.29 is 9.50 Å². The molecule has 3 rings (SSSR count). The summed E-state index contributed by atoms with van der Waals surface area (Å²) in [5, 5.41) is 9.47. The van der Waals surface area contributed by atoms with E-state index in [4.69, 9.17) is 0 Å². The van der Waals surface area contributed by atoms with E-state index in [2.05, 4.69) is 4.98 Å².